The standard InChI is InChI=1S/C17H11Cl2NO/c18-14-6-3-11(8-15(14)19)9-17(21)13-5-4-12-2-1-7-20-16(12)10-13/h1-8,10H,9H2. The van der Waals surface area contributed by atoms with Crippen LogP contribution in [0.25, 0.3) is 10.9 Å². The summed E-state index contributed by atoms with van der Waals surface area (Å²) in [7, 11) is 0. The van der Waals surface area contributed by atoms with Crippen LogP contribution in [0, 0.1) is 0 Å². The molecule has 0 fully saturated rings. The lowest BCUT2D eigenvalue weighted by Crippen LogP contribution is -2.03. The first-order valence-corrected chi connectivity index (χ1v) is 7.21. The smallest absolute Gasteiger partial charge is 0.167 e. The molecule has 0 radical (unpaired) electrons. The third kappa shape index (κ3) is 3.07. The minimum absolute atomic E-state index is 0.0287. The van der Waals surface area contributed by atoms with Crippen LogP contribution in [0.3, 0.4) is 0 Å². The van der Waals surface area contributed by atoms with Crippen molar-refractivity contribution in [2.45, 2.75) is 6.42 Å². The number of Topliss-reactive ketones (excluding diaryl/α,β-unsaturated/α-hetero) is 1. The number of pyridine rings is 1. The van der Waals surface area contributed by atoms with Crippen LogP contribution in [-0.4, -0.2) is 10.8 Å². The van der Waals surface area contributed by atoms with Crippen molar-refractivity contribution in [3.05, 3.63) is 75.9 Å². The van der Waals surface area contributed by atoms with E-state index in [9.17, 15) is 4.79 Å². The predicted octanol–water partition coefficient (Wildman–Crippen LogP) is 4.97. The summed E-state index contributed by atoms with van der Waals surface area (Å²) in [5.41, 5.74) is 2.31. The number of carbonyl (C=O) groups excluding carboxylic acids is 1. The van der Waals surface area contributed by atoms with Gasteiger partial charge >= 0.3 is 0 Å². The van der Waals surface area contributed by atoms with Crippen LogP contribution in [0.2, 0.25) is 10.0 Å². The molecule has 0 aliphatic rings. The van der Waals surface area contributed by atoms with Crippen molar-refractivity contribution in [1.82, 2.24) is 4.98 Å². The molecule has 4 heteroatoms. The Hall–Kier alpha value is -1.90. The third-order valence-corrected chi connectivity index (χ3v) is 4.02. The normalized spacial score (nSPS) is 10.8. The molecule has 0 aliphatic carbocycles. The largest absolute Gasteiger partial charge is 0.294 e. The van der Waals surface area contributed by atoms with Crippen molar-refractivity contribution in [1.29, 1.82) is 0 Å². The van der Waals surface area contributed by atoms with E-state index in [4.69, 9.17) is 23.2 Å². The molecule has 0 aliphatic heterocycles. The maximum Gasteiger partial charge on any atom is 0.167 e. The second-order valence-corrected chi connectivity index (χ2v) is 5.57. The van der Waals surface area contributed by atoms with E-state index in [2.05, 4.69) is 4.98 Å². The fourth-order valence-electron chi connectivity index (χ4n) is 2.18. The second-order valence-electron chi connectivity index (χ2n) is 4.76. The number of hydrogen-bond acceptors (Lipinski definition) is 2. The van der Waals surface area contributed by atoms with Gasteiger partial charge in [-0.25, -0.2) is 0 Å². The van der Waals surface area contributed by atoms with Gasteiger partial charge in [0.05, 0.1) is 15.6 Å². The average molecular weight is 316 g/mol. The molecular weight excluding hydrogens is 305 g/mol. The van der Waals surface area contributed by atoms with Crippen LogP contribution >= 0.6 is 23.2 Å². The lowest BCUT2D eigenvalue weighted by Gasteiger charge is -2.04. The highest BCUT2D eigenvalue weighted by atomic mass is 35.5. The molecular formula is C17H11Cl2NO. The number of aromatic nitrogens is 1. The summed E-state index contributed by atoms with van der Waals surface area (Å²) >= 11 is 11.8. The van der Waals surface area contributed by atoms with Crippen LogP contribution in [0.15, 0.2) is 54.7 Å². The molecule has 0 atom stereocenters. The minimum atomic E-state index is 0.0287. The zero-order valence-electron chi connectivity index (χ0n) is 11.0. The molecule has 0 spiro atoms. The zero-order chi connectivity index (χ0) is 14.8. The Balaban J connectivity index is 1.87. The summed E-state index contributed by atoms with van der Waals surface area (Å²) in [6.45, 7) is 0. The highest BCUT2D eigenvalue weighted by molar-refractivity contribution is 6.42. The quantitative estimate of drug-likeness (QED) is 0.639. The van der Waals surface area contributed by atoms with Crippen molar-refractivity contribution in [3.8, 4) is 0 Å². The Morgan fingerprint density at radius 2 is 1.86 bits per heavy atom. The topological polar surface area (TPSA) is 30.0 Å². The summed E-state index contributed by atoms with van der Waals surface area (Å²) in [5, 5.41) is 1.97. The van der Waals surface area contributed by atoms with Crippen LogP contribution in [-0.2, 0) is 6.42 Å². The molecule has 0 bridgehead atoms. The molecule has 0 saturated carbocycles. The molecule has 2 nitrogen and oxygen atoms in total. The Bertz CT molecular complexity index is 830. The van der Waals surface area contributed by atoms with Gasteiger partial charge in [0.1, 0.15) is 0 Å². The molecule has 3 rings (SSSR count). The highest BCUT2D eigenvalue weighted by Crippen LogP contribution is 2.23. The number of halogens is 2. The van der Waals surface area contributed by atoms with Gasteiger partial charge in [0, 0.05) is 23.6 Å². The summed E-state index contributed by atoms with van der Waals surface area (Å²) < 4.78 is 0. The van der Waals surface area contributed by atoms with Gasteiger partial charge in [-0.1, -0.05) is 47.5 Å². The molecule has 104 valence electrons. The lowest BCUT2D eigenvalue weighted by atomic mass is 10.0. The number of carbonyl (C=O) groups is 1. The molecule has 2 aromatic carbocycles. The second kappa shape index (κ2) is 5.84. The van der Waals surface area contributed by atoms with Crippen molar-refractivity contribution in [2.75, 3.05) is 0 Å². The number of ketones is 1. The van der Waals surface area contributed by atoms with E-state index in [0.717, 1.165) is 16.5 Å². The molecule has 0 N–H and O–H groups in total. The van der Waals surface area contributed by atoms with E-state index < -0.39 is 0 Å². The molecule has 21 heavy (non-hydrogen) atoms. The molecule has 1 aromatic heterocycles. The number of fused-ring (bicyclic) bond motifs is 1. The summed E-state index contributed by atoms with van der Waals surface area (Å²) in [5.74, 6) is 0.0287. The van der Waals surface area contributed by atoms with E-state index in [-0.39, 0.29) is 12.2 Å². The third-order valence-electron chi connectivity index (χ3n) is 3.28. The van der Waals surface area contributed by atoms with Gasteiger partial charge in [-0.15, -0.1) is 0 Å². The van der Waals surface area contributed by atoms with Gasteiger partial charge in [-0.05, 0) is 29.8 Å². The predicted molar refractivity (Wildman–Crippen MR) is 86.2 cm³/mol. The van der Waals surface area contributed by atoms with E-state index in [1.54, 1.807) is 18.3 Å². The fraction of sp³-hybridized carbons (Fsp3) is 0.0588. The van der Waals surface area contributed by atoms with Crippen LogP contribution in [0.1, 0.15) is 15.9 Å². The maximum atomic E-state index is 12.4. The van der Waals surface area contributed by atoms with E-state index in [1.807, 2.05) is 36.4 Å². The number of hydrogen-bond donors (Lipinski definition) is 0. The van der Waals surface area contributed by atoms with Gasteiger partial charge in [0.25, 0.3) is 0 Å². The first kappa shape index (κ1) is 14.1. The van der Waals surface area contributed by atoms with Crippen LogP contribution in [0.5, 0.6) is 0 Å². The van der Waals surface area contributed by atoms with E-state index >= 15 is 0 Å². The first-order valence-electron chi connectivity index (χ1n) is 6.45. The Morgan fingerprint density at radius 3 is 2.67 bits per heavy atom. The minimum Gasteiger partial charge on any atom is -0.294 e. The van der Waals surface area contributed by atoms with Gasteiger partial charge in [0.2, 0.25) is 0 Å². The molecule has 0 saturated heterocycles. The Labute approximate surface area is 132 Å². The van der Waals surface area contributed by atoms with E-state index in [0.29, 0.717) is 15.6 Å². The SMILES string of the molecule is O=C(Cc1ccc(Cl)c(Cl)c1)c1ccc2cccnc2c1. The highest BCUT2D eigenvalue weighted by Gasteiger charge is 2.09. The number of benzene rings is 2. The summed E-state index contributed by atoms with van der Waals surface area (Å²) in [6, 6.07) is 14.6. The molecule has 3 aromatic rings. The lowest BCUT2D eigenvalue weighted by molar-refractivity contribution is 0.0993. The fourth-order valence-corrected chi connectivity index (χ4v) is 2.50. The van der Waals surface area contributed by atoms with Crippen molar-refractivity contribution in [2.24, 2.45) is 0 Å². The number of rotatable bonds is 3. The Kier molecular flexibility index (Phi) is 3.91. The first-order chi connectivity index (χ1) is 10.1. The van der Waals surface area contributed by atoms with Gasteiger partial charge in [-0.3, -0.25) is 9.78 Å². The van der Waals surface area contributed by atoms with E-state index in [1.165, 1.54) is 0 Å². The van der Waals surface area contributed by atoms with Crippen LogP contribution < -0.4 is 0 Å². The molecule has 1 heterocycles. The van der Waals surface area contributed by atoms with Crippen molar-refractivity contribution >= 4 is 39.9 Å². The molecule has 0 unspecified atom stereocenters. The monoisotopic (exact) mass is 315 g/mol. The molecule has 0 amide bonds. The zero-order valence-corrected chi connectivity index (χ0v) is 12.5. The van der Waals surface area contributed by atoms with Crippen molar-refractivity contribution < 1.29 is 4.79 Å². The van der Waals surface area contributed by atoms with Crippen LogP contribution in [0.4, 0.5) is 0 Å². The maximum absolute atomic E-state index is 12.4. The summed E-state index contributed by atoms with van der Waals surface area (Å²) in [4.78, 5) is 16.6. The van der Waals surface area contributed by atoms with Gasteiger partial charge in [0.15, 0.2) is 5.78 Å². The van der Waals surface area contributed by atoms with Gasteiger partial charge < -0.3 is 0 Å². The average Bonchev–Trinajstić information content (AvgIpc) is 2.50. The Morgan fingerprint density at radius 1 is 1.00 bits per heavy atom. The van der Waals surface area contributed by atoms with Gasteiger partial charge in [-0.2, -0.15) is 0 Å². The number of nitrogens with zero attached hydrogens (tertiary/aromatic N) is 1. The van der Waals surface area contributed by atoms with Crippen molar-refractivity contribution in [3.63, 3.8) is 0 Å². The summed E-state index contributed by atoms with van der Waals surface area (Å²) in [6.07, 6.45) is 2.00.